The predicted octanol–water partition coefficient (Wildman–Crippen LogP) is 2.09. The molecule has 4 heteroatoms. The molecule has 0 aliphatic rings. The van der Waals surface area contributed by atoms with Crippen LogP contribution in [0.1, 0.15) is 45.9 Å². The number of hydrogen-bond acceptors (Lipinski definition) is 4. The van der Waals surface area contributed by atoms with Crippen molar-refractivity contribution in [3.8, 4) is 0 Å². The first-order valence-electron chi connectivity index (χ1n) is 6.56. The second kappa shape index (κ2) is 6.16. The van der Waals surface area contributed by atoms with E-state index in [0.717, 1.165) is 24.3 Å². The molecule has 0 fully saturated rings. The van der Waals surface area contributed by atoms with Crippen molar-refractivity contribution in [2.24, 2.45) is 5.73 Å². The summed E-state index contributed by atoms with van der Waals surface area (Å²) in [5.41, 5.74) is 7.16. The highest BCUT2D eigenvalue weighted by Gasteiger charge is 2.18. The predicted molar refractivity (Wildman–Crippen MR) is 75.6 cm³/mol. The van der Waals surface area contributed by atoms with Gasteiger partial charge >= 0.3 is 0 Å². The molecule has 0 saturated carbocycles. The summed E-state index contributed by atoms with van der Waals surface area (Å²) < 4.78 is 0. The van der Waals surface area contributed by atoms with Crippen molar-refractivity contribution in [2.45, 2.75) is 45.8 Å². The molecule has 0 amide bonds. The molecular formula is C14H25N3O. The van der Waals surface area contributed by atoms with Crippen molar-refractivity contribution in [1.82, 2.24) is 4.98 Å². The van der Waals surface area contributed by atoms with E-state index in [1.54, 1.807) is 0 Å². The van der Waals surface area contributed by atoms with E-state index >= 15 is 0 Å². The van der Waals surface area contributed by atoms with Crippen LogP contribution in [0.15, 0.2) is 18.3 Å². The van der Waals surface area contributed by atoms with Gasteiger partial charge in [-0.2, -0.15) is 0 Å². The Kier molecular flexibility index (Phi) is 5.11. The van der Waals surface area contributed by atoms with Gasteiger partial charge in [-0.15, -0.1) is 0 Å². The van der Waals surface area contributed by atoms with Crippen LogP contribution >= 0.6 is 0 Å². The normalized spacial score (nSPS) is 13.4. The van der Waals surface area contributed by atoms with Gasteiger partial charge in [0.2, 0.25) is 0 Å². The highest BCUT2D eigenvalue weighted by Crippen LogP contribution is 2.18. The Morgan fingerprint density at radius 3 is 2.44 bits per heavy atom. The standard InChI is InChI=1S/C14H25N3O/c1-5-12(15)13-8-7-11(9-16-13)17(6-2)10-14(3,4)18/h7-9,12,18H,5-6,10,15H2,1-4H3. The smallest absolute Gasteiger partial charge is 0.0765 e. The molecule has 0 bridgehead atoms. The molecule has 4 nitrogen and oxygen atoms in total. The van der Waals surface area contributed by atoms with Gasteiger partial charge in [0.05, 0.1) is 23.2 Å². The fourth-order valence-electron chi connectivity index (χ4n) is 1.87. The van der Waals surface area contributed by atoms with Crippen LogP contribution in [0.2, 0.25) is 0 Å². The number of pyridine rings is 1. The van der Waals surface area contributed by atoms with E-state index in [1.165, 1.54) is 0 Å². The summed E-state index contributed by atoms with van der Waals surface area (Å²) in [6, 6.07) is 3.99. The van der Waals surface area contributed by atoms with Crippen LogP contribution < -0.4 is 10.6 Å². The van der Waals surface area contributed by atoms with E-state index < -0.39 is 5.60 Å². The number of aromatic nitrogens is 1. The summed E-state index contributed by atoms with van der Waals surface area (Å²) in [6.45, 7) is 9.16. The molecule has 1 unspecified atom stereocenters. The minimum atomic E-state index is -0.714. The SMILES string of the molecule is CCC(N)c1ccc(N(CC)CC(C)(C)O)cn1. The minimum Gasteiger partial charge on any atom is -0.389 e. The van der Waals surface area contributed by atoms with Gasteiger partial charge < -0.3 is 15.7 Å². The first kappa shape index (κ1) is 14.9. The molecule has 0 aliphatic heterocycles. The largest absolute Gasteiger partial charge is 0.389 e. The van der Waals surface area contributed by atoms with Gasteiger partial charge in [0.15, 0.2) is 0 Å². The quantitative estimate of drug-likeness (QED) is 0.812. The highest BCUT2D eigenvalue weighted by atomic mass is 16.3. The summed E-state index contributed by atoms with van der Waals surface area (Å²) >= 11 is 0. The molecule has 1 aromatic rings. The topological polar surface area (TPSA) is 62.4 Å². The zero-order valence-corrected chi connectivity index (χ0v) is 11.8. The summed E-state index contributed by atoms with van der Waals surface area (Å²) in [7, 11) is 0. The lowest BCUT2D eigenvalue weighted by molar-refractivity contribution is 0.0876. The Labute approximate surface area is 110 Å². The van der Waals surface area contributed by atoms with Gasteiger partial charge in [-0.05, 0) is 39.3 Å². The molecule has 3 N–H and O–H groups in total. The Morgan fingerprint density at radius 2 is 2.06 bits per heavy atom. The van der Waals surface area contributed by atoms with Crippen LogP contribution in [0, 0.1) is 0 Å². The third-order valence-corrected chi connectivity index (χ3v) is 2.92. The number of aliphatic hydroxyl groups is 1. The van der Waals surface area contributed by atoms with Gasteiger partial charge in [-0.3, -0.25) is 4.98 Å². The lowest BCUT2D eigenvalue weighted by Gasteiger charge is -2.29. The number of anilines is 1. The molecule has 1 atom stereocenters. The number of hydrogen-bond donors (Lipinski definition) is 2. The van der Waals surface area contributed by atoms with E-state index in [2.05, 4.69) is 16.8 Å². The van der Waals surface area contributed by atoms with Crippen LogP contribution in [0.25, 0.3) is 0 Å². The van der Waals surface area contributed by atoms with E-state index in [4.69, 9.17) is 5.73 Å². The Bertz CT molecular complexity index is 356. The van der Waals surface area contributed by atoms with Gasteiger partial charge in [-0.1, -0.05) is 6.92 Å². The van der Waals surface area contributed by atoms with Crippen LogP contribution in [-0.4, -0.2) is 28.8 Å². The number of nitrogens with zero attached hydrogens (tertiary/aromatic N) is 2. The molecule has 0 radical (unpaired) electrons. The van der Waals surface area contributed by atoms with Crippen LogP contribution in [-0.2, 0) is 0 Å². The molecule has 1 heterocycles. The van der Waals surface area contributed by atoms with Crippen molar-refractivity contribution in [3.05, 3.63) is 24.0 Å². The number of rotatable bonds is 6. The van der Waals surface area contributed by atoms with Crippen molar-refractivity contribution < 1.29 is 5.11 Å². The van der Waals surface area contributed by atoms with Gasteiger partial charge in [0, 0.05) is 19.1 Å². The summed E-state index contributed by atoms with van der Waals surface area (Å²) in [5, 5.41) is 9.88. The fourth-order valence-corrected chi connectivity index (χ4v) is 1.87. The Balaban J connectivity index is 2.82. The molecule has 1 rings (SSSR count). The first-order chi connectivity index (χ1) is 8.37. The fraction of sp³-hybridized carbons (Fsp3) is 0.643. The number of likely N-dealkylation sites (N-methyl/N-ethyl adjacent to an activating group) is 1. The van der Waals surface area contributed by atoms with Gasteiger partial charge in [-0.25, -0.2) is 0 Å². The zero-order valence-electron chi connectivity index (χ0n) is 11.8. The maximum Gasteiger partial charge on any atom is 0.0765 e. The maximum absolute atomic E-state index is 9.88. The molecule has 18 heavy (non-hydrogen) atoms. The van der Waals surface area contributed by atoms with E-state index in [9.17, 15) is 5.11 Å². The highest BCUT2D eigenvalue weighted by molar-refractivity contribution is 5.45. The summed E-state index contributed by atoms with van der Waals surface area (Å²) in [5.74, 6) is 0. The average molecular weight is 251 g/mol. The number of nitrogens with two attached hydrogens (primary N) is 1. The van der Waals surface area contributed by atoms with E-state index in [0.29, 0.717) is 6.54 Å². The van der Waals surface area contributed by atoms with Crippen molar-refractivity contribution in [3.63, 3.8) is 0 Å². The van der Waals surface area contributed by atoms with Crippen LogP contribution in [0.3, 0.4) is 0 Å². The van der Waals surface area contributed by atoms with Crippen molar-refractivity contribution in [1.29, 1.82) is 0 Å². The molecule has 0 saturated heterocycles. The van der Waals surface area contributed by atoms with Crippen molar-refractivity contribution in [2.75, 3.05) is 18.0 Å². The third kappa shape index (κ3) is 4.27. The van der Waals surface area contributed by atoms with E-state index in [-0.39, 0.29) is 6.04 Å². The first-order valence-corrected chi connectivity index (χ1v) is 6.56. The minimum absolute atomic E-state index is 0.00316. The summed E-state index contributed by atoms with van der Waals surface area (Å²) in [6.07, 6.45) is 2.72. The van der Waals surface area contributed by atoms with Gasteiger partial charge in [0.1, 0.15) is 0 Å². The molecule has 0 spiro atoms. The molecular weight excluding hydrogens is 226 g/mol. The molecule has 0 aromatic carbocycles. The van der Waals surface area contributed by atoms with Crippen LogP contribution in [0.4, 0.5) is 5.69 Å². The second-order valence-electron chi connectivity index (χ2n) is 5.28. The Morgan fingerprint density at radius 1 is 1.39 bits per heavy atom. The summed E-state index contributed by atoms with van der Waals surface area (Å²) in [4.78, 5) is 6.51. The van der Waals surface area contributed by atoms with E-state index in [1.807, 2.05) is 39.1 Å². The lowest BCUT2D eigenvalue weighted by Crippen LogP contribution is -2.38. The lowest BCUT2D eigenvalue weighted by atomic mass is 10.1. The van der Waals surface area contributed by atoms with Crippen LogP contribution in [0.5, 0.6) is 0 Å². The van der Waals surface area contributed by atoms with Crippen molar-refractivity contribution >= 4 is 5.69 Å². The second-order valence-corrected chi connectivity index (χ2v) is 5.28. The zero-order chi connectivity index (χ0) is 13.8. The average Bonchev–Trinajstić information content (AvgIpc) is 2.34. The maximum atomic E-state index is 9.88. The molecule has 1 aromatic heterocycles. The molecule has 0 aliphatic carbocycles. The molecule has 102 valence electrons. The monoisotopic (exact) mass is 251 g/mol. The van der Waals surface area contributed by atoms with Gasteiger partial charge in [0.25, 0.3) is 0 Å². The Hall–Kier alpha value is -1.13. The third-order valence-electron chi connectivity index (χ3n) is 2.92.